The highest BCUT2D eigenvalue weighted by Crippen LogP contribution is 2.22. The third kappa shape index (κ3) is 3.33. The Morgan fingerprint density at radius 1 is 1.08 bits per heavy atom. The average molecular weight is 358 g/mol. The van der Waals surface area contributed by atoms with Crippen LogP contribution in [0.15, 0.2) is 53.3 Å². The van der Waals surface area contributed by atoms with Crippen LogP contribution in [0.1, 0.15) is 25.5 Å². The topological polar surface area (TPSA) is 56.0 Å². The lowest BCUT2D eigenvalue weighted by atomic mass is 10.1. The number of carbonyl (C=O) groups excluding carboxylic acids is 1. The molecule has 3 rings (SSSR count). The van der Waals surface area contributed by atoms with E-state index in [1.54, 1.807) is 10.6 Å². The van der Waals surface area contributed by atoms with Gasteiger partial charge in [0.1, 0.15) is 6.54 Å². The summed E-state index contributed by atoms with van der Waals surface area (Å²) in [5.41, 5.74) is 2.27. The van der Waals surface area contributed by atoms with E-state index in [-0.39, 0.29) is 24.2 Å². The van der Waals surface area contributed by atoms with Crippen LogP contribution in [0.2, 0.25) is 5.02 Å². The number of aryl methyl sites for hydroxylation is 1. The highest BCUT2D eigenvalue weighted by atomic mass is 35.5. The first kappa shape index (κ1) is 17.3. The van der Waals surface area contributed by atoms with Crippen molar-refractivity contribution in [2.24, 2.45) is 0 Å². The first-order valence-corrected chi connectivity index (χ1v) is 8.62. The van der Waals surface area contributed by atoms with E-state index in [1.807, 2.05) is 56.3 Å². The predicted octanol–water partition coefficient (Wildman–Crippen LogP) is 3.35. The summed E-state index contributed by atoms with van der Waals surface area (Å²) in [4.78, 5) is 25.1. The Bertz CT molecular complexity index is 974. The molecular weight excluding hydrogens is 338 g/mol. The first-order valence-electron chi connectivity index (χ1n) is 8.24. The van der Waals surface area contributed by atoms with Crippen LogP contribution in [0.5, 0.6) is 0 Å². The zero-order valence-corrected chi connectivity index (χ0v) is 15.0. The number of aromatic nitrogens is 2. The summed E-state index contributed by atoms with van der Waals surface area (Å²) in [6.45, 7) is 4.32. The number of nitrogens with one attached hydrogen (secondary N) is 1. The van der Waals surface area contributed by atoms with Gasteiger partial charge in [-0.3, -0.25) is 13.9 Å². The summed E-state index contributed by atoms with van der Waals surface area (Å²) in [6, 6.07) is 14.6. The summed E-state index contributed by atoms with van der Waals surface area (Å²) < 4.78 is 3.17. The van der Waals surface area contributed by atoms with Crippen molar-refractivity contribution in [3.8, 4) is 0 Å². The minimum Gasteiger partial charge on any atom is -0.348 e. The number of amides is 1. The molecule has 6 heteroatoms. The van der Waals surface area contributed by atoms with Crippen LogP contribution in [0, 0.1) is 0 Å². The molecule has 0 spiro atoms. The van der Waals surface area contributed by atoms with E-state index in [2.05, 4.69) is 5.32 Å². The Kier molecular flexibility index (Phi) is 4.95. The average Bonchev–Trinajstić information content (AvgIpc) is 2.86. The second-order valence-electron chi connectivity index (χ2n) is 5.91. The van der Waals surface area contributed by atoms with E-state index in [0.29, 0.717) is 11.6 Å². The normalized spacial score (nSPS) is 12.3. The Morgan fingerprint density at radius 2 is 1.68 bits per heavy atom. The molecule has 2 aromatic carbocycles. The summed E-state index contributed by atoms with van der Waals surface area (Å²) in [6.07, 6.45) is 0. The van der Waals surface area contributed by atoms with Crippen molar-refractivity contribution < 1.29 is 4.79 Å². The van der Waals surface area contributed by atoms with Gasteiger partial charge in [-0.2, -0.15) is 0 Å². The number of halogens is 1. The van der Waals surface area contributed by atoms with Gasteiger partial charge in [0.05, 0.1) is 17.1 Å². The van der Waals surface area contributed by atoms with E-state index in [0.717, 1.165) is 16.6 Å². The van der Waals surface area contributed by atoms with Crippen molar-refractivity contribution in [3.05, 3.63) is 69.6 Å². The monoisotopic (exact) mass is 357 g/mol. The molecule has 1 amide bonds. The number of hydrogen-bond acceptors (Lipinski definition) is 2. The number of rotatable bonds is 5. The molecule has 0 aliphatic heterocycles. The minimum atomic E-state index is -0.239. The number of para-hydroxylation sites is 2. The molecule has 130 valence electrons. The lowest BCUT2D eigenvalue weighted by Crippen LogP contribution is -2.34. The Balaban J connectivity index is 1.85. The lowest BCUT2D eigenvalue weighted by molar-refractivity contribution is -0.122. The maximum atomic E-state index is 12.6. The van der Waals surface area contributed by atoms with Crippen molar-refractivity contribution in [3.63, 3.8) is 0 Å². The highest BCUT2D eigenvalue weighted by molar-refractivity contribution is 6.31. The minimum absolute atomic E-state index is 0.0266. The molecule has 1 aromatic heterocycles. The molecular formula is C19H20ClN3O2. The number of imidazole rings is 1. The molecule has 25 heavy (non-hydrogen) atoms. The molecule has 0 unspecified atom stereocenters. The van der Waals surface area contributed by atoms with Gasteiger partial charge in [0, 0.05) is 11.6 Å². The summed E-state index contributed by atoms with van der Waals surface area (Å²) >= 11 is 6.18. The van der Waals surface area contributed by atoms with Gasteiger partial charge in [-0.25, -0.2) is 4.79 Å². The largest absolute Gasteiger partial charge is 0.348 e. The van der Waals surface area contributed by atoms with Gasteiger partial charge in [-0.05, 0) is 37.6 Å². The maximum Gasteiger partial charge on any atom is 0.329 e. The van der Waals surface area contributed by atoms with Crippen molar-refractivity contribution in [2.45, 2.75) is 33.0 Å². The molecule has 0 saturated carbocycles. The number of hydrogen-bond donors (Lipinski definition) is 1. The van der Waals surface area contributed by atoms with Gasteiger partial charge in [-0.15, -0.1) is 0 Å². The molecule has 1 N–H and O–H groups in total. The Labute approximate surface area is 150 Å². The number of carbonyl (C=O) groups is 1. The van der Waals surface area contributed by atoms with E-state index in [1.165, 1.54) is 4.57 Å². The van der Waals surface area contributed by atoms with Gasteiger partial charge in [0.15, 0.2) is 0 Å². The molecule has 0 radical (unpaired) electrons. The van der Waals surface area contributed by atoms with Gasteiger partial charge in [0.2, 0.25) is 5.91 Å². The quantitative estimate of drug-likeness (QED) is 0.761. The second kappa shape index (κ2) is 7.15. The van der Waals surface area contributed by atoms with Crippen LogP contribution < -0.4 is 11.0 Å². The molecule has 1 heterocycles. The fourth-order valence-electron chi connectivity index (χ4n) is 3.07. The van der Waals surface area contributed by atoms with Crippen molar-refractivity contribution in [1.29, 1.82) is 0 Å². The van der Waals surface area contributed by atoms with Gasteiger partial charge >= 0.3 is 5.69 Å². The standard InChI is InChI=1S/C19H20ClN3O2/c1-3-22-16-10-6-7-11-17(16)23(19(22)25)12-18(24)21-13(2)14-8-4-5-9-15(14)20/h4-11,13H,3,12H2,1-2H3,(H,21,24)/t13-/m0/s1. The fourth-order valence-corrected chi connectivity index (χ4v) is 3.37. The predicted molar refractivity (Wildman–Crippen MR) is 99.9 cm³/mol. The molecule has 3 aromatic rings. The Morgan fingerprint density at radius 3 is 2.32 bits per heavy atom. The highest BCUT2D eigenvalue weighted by Gasteiger charge is 2.17. The molecule has 0 aliphatic rings. The summed E-state index contributed by atoms with van der Waals surface area (Å²) in [5, 5.41) is 3.52. The summed E-state index contributed by atoms with van der Waals surface area (Å²) in [7, 11) is 0. The molecule has 0 saturated heterocycles. The number of nitrogens with zero attached hydrogens (tertiary/aromatic N) is 2. The third-order valence-electron chi connectivity index (χ3n) is 4.29. The van der Waals surface area contributed by atoms with E-state index < -0.39 is 0 Å². The number of benzene rings is 2. The number of fused-ring (bicyclic) bond motifs is 1. The van der Waals surface area contributed by atoms with Crippen molar-refractivity contribution >= 4 is 28.5 Å². The van der Waals surface area contributed by atoms with Crippen molar-refractivity contribution in [1.82, 2.24) is 14.5 Å². The van der Waals surface area contributed by atoms with Gasteiger partial charge in [0.25, 0.3) is 0 Å². The summed E-state index contributed by atoms with van der Waals surface area (Å²) in [5.74, 6) is -0.228. The van der Waals surface area contributed by atoms with Crippen LogP contribution in [-0.2, 0) is 17.9 Å². The molecule has 5 nitrogen and oxygen atoms in total. The van der Waals surface area contributed by atoms with E-state index in [9.17, 15) is 9.59 Å². The Hall–Kier alpha value is -2.53. The molecule has 1 atom stereocenters. The smallest absolute Gasteiger partial charge is 0.329 e. The van der Waals surface area contributed by atoms with E-state index in [4.69, 9.17) is 11.6 Å². The van der Waals surface area contributed by atoms with Crippen LogP contribution in [0.3, 0.4) is 0 Å². The van der Waals surface area contributed by atoms with Crippen LogP contribution in [-0.4, -0.2) is 15.0 Å². The fraction of sp³-hybridized carbons (Fsp3) is 0.263. The lowest BCUT2D eigenvalue weighted by Gasteiger charge is -2.16. The molecule has 0 fully saturated rings. The maximum absolute atomic E-state index is 12.6. The van der Waals surface area contributed by atoms with Gasteiger partial charge < -0.3 is 5.32 Å². The first-order chi connectivity index (χ1) is 12.0. The van der Waals surface area contributed by atoms with Crippen LogP contribution >= 0.6 is 11.6 Å². The van der Waals surface area contributed by atoms with E-state index >= 15 is 0 Å². The van der Waals surface area contributed by atoms with Crippen LogP contribution in [0.4, 0.5) is 0 Å². The SMILES string of the molecule is CCn1c(=O)n(CC(=O)N[C@@H](C)c2ccccc2Cl)c2ccccc21. The zero-order chi connectivity index (χ0) is 18.0. The molecule has 0 bridgehead atoms. The van der Waals surface area contributed by atoms with Gasteiger partial charge in [-0.1, -0.05) is 41.9 Å². The van der Waals surface area contributed by atoms with Crippen molar-refractivity contribution in [2.75, 3.05) is 0 Å². The third-order valence-corrected chi connectivity index (χ3v) is 4.64. The second-order valence-corrected chi connectivity index (χ2v) is 6.32. The van der Waals surface area contributed by atoms with Crippen LogP contribution in [0.25, 0.3) is 11.0 Å². The molecule has 0 aliphatic carbocycles. The zero-order valence-electron chi connectivity index (χ0n) is 14.2.